The molecule has 2 rings (SSSR count). The second-order valence-electron chi connectivity index (χ2n) is 5.80. The third-order valence-corrected chi connectivity index (χ3v) is 3.99. The van der Waals surface area contributed by atoms with Crippen LogP contribution in [0.25, 0.3) is 0 Å². The van der Waals surface area contributed by atoms with Crippen LogP contribution in [0.4, 0.5) is 0 Å². The number of benzene rings is 1. The summed E-state index contributed by atoms with van der Waals surface area (Å²) in [6.07, 6.45) is 10.2. The minimum Gasteiger partial charge on any atom is -0.325 e. The van der Waals surface area contributed by atoms with Gasteiger partial charge < -0.3 is 5.73 Å². The Morgan fingerprint density at radius 2 is 1.71 bits per heavy atom. The second kappa shape index (κ2) is 5.68. The van der Waals surface area contributed by atoms with Gasteiger partial charge in [-0.25, -0.2) is 0 Å². The lowest BCUT2D eigenvalue weighted by Gasteiger charge is -2.31. The molecule has 0 saturated heterocycles. The van der Waals surface area contributed by atoms with Crippen LogP contribution in [0, 0.1) is 6.92 Å². The lowest BCUT2D eigenvalue weighted by Crippen LogP contribution is -2.42. The summed E-state index contributed by atoms with van der Waals surface area (Å²) in [5.41, 5.74) is 9.42. The van der Waals surface area contributed by atoms with Crippen LogP contribution >= 0.6 is 0 Å². The van der Waals surface area contributed by atoms with E-state index < -0.39 is 0 Å². The number of aryl methyl sites for hydroxylation is 1. The highest BCUT2D eigenvalue weighted by Gasteiger charge is 2.25. The van der Waals surface area contributed by atoms with Gasteiger partial charge in [-0.3, -0.25) is 0 Å². The van der Waals surface area contributed by atoms with Crippen molar-refractivity contribution in [2.24, 2.45) is 5.73 Å². The predicted molar refractivity (Wildman–Crippen MR) is 74.1 cm³/mol. The molecule has 2 N–H and O–H groups in total. The van der Waals surface area contributed by atoms with Crippen molar-refractivity contribution in [2.75, 3.05) is 0 Å². The number of rotatable bonds is 2. The van der Waals surface area contributed by atoms with E-state index in [0.29, 0.717) is 0 Å². The van der Waals surface area contributed by atoms with Crippen LogP contribution in [0.1, 0.15) is 56.1 Å². The third kappa shape index (κ3) is 3.85. The Morgan fingerprint density at radius 1 is 1.06 bits per heavy atom. The Hall–Kier alpha value is -0.820. The van der Waals surface area contributed by atoms with Gasteiger partial charge in [0.2, 0.25) is 0 Å². The standard InChI is InChI=1S/C16H25N/c1-14-8-7-9-15(12-14)13-16(17)10-5-3-2-4-6-11-16/h7-9,12H,2-6,10-11,13,17H2,1H3. The van der Waals surface area contributed by atoms with Crippen LogP contribution in [0.3, 0.4) is 0 Å². The van der Waals surface area contributed by atoms with Crippen molar-refractivity contribution in [3.63, 3.8) is 0 Å². The van der Waals surface area contributed by atoms with Crippen molar-refractivity contribution in [1.29, 1.82) is 0 Å². The summed E-state index contributed by atoms with van der Waals surface area (Å²) < 4.78 is 0. The fourth-order valence-corrected chi connectivity index (χ4v) is 3.01. The van der Waals surface area contributed by atoms with Gasteiger partial charge >= 0.3 is 0 Å². The Bertz CT molecular complexity index is 348. The Labute approximate surface area is 105 Å². The summed E-state index contributed by atoms with van der Waals surface area (Å²) in [4.78, 5) is 0. The summed E-state index contributed by atoms with van der Waals surface area (Å²) >= 11 is 0. The van der Waals surface area contributed by atoms with Gasteiger partial charge in [0.05, 0.1) is 0 Å². The molecule has 1 fully saturated rings. The third-order valence-electron chi connectivity index (χ3n) is 3.99. The fraction of sp³-hybridized carbons (Fsp3) is 0.625. The molecular formula is C16H25N. The molecule has 0 aromatic heterocycles. The monoisotopic (exact) mass is 231 g/mol. The molecule has 1 nitrogen and oxygen atoms in total. The average molecular weight is 231 g/mol. The van der Waals surface area contributed by atoms with Crippen molar-refractivity contribution in [3.8, 4) is 0 Å². The van der Waals surface area contributed by atoms with E-state index in [1.54, 1.807) is 0 Å². The minimum absolute atomic E-state index is 0.0498. The van der Waals surface area contributed by atoms with Crippen molar-refractivity contribution < 1.29 is 0 Å². The van der Waals surface area contributed by atoms with E-state index in [1.165, 1.54) is 56.1 Å². The van der Waals surface area contributed by atoms with Gasteiger partial charge in [0.1, 0.15) is 0 Å². The number of hydrogen-bond acceptors (Lipinski definition) is 1. The predicted octanol–water partition coefficient (Wildman–Crippen LogP) is 3.98. The topological polar surface area (TPSA) is 26.0 Å². The maximum Gasteiger partial charge on any atom is 0.0195 e. The molecule has 1 aromatic carbocycles. The first kappa shape index (κ1) is 12.6. The number of nitrogens with two attached hydrogens (primary N) is 1. The molecule has 0 aliphatic heterocycles. The minimum atomic E-state index is 0.0498. The molecule has 0 atom stereocenters. The van der Waals surface area contributed by atoms with E-state index >= 15 is 0 Å². The van der Waals surface area contributed by atoms with E-state index in [-0.39, 0.29) is 5.54 Å². The second-order valence-corrected chi connectivity index (χ2v) is 5.80. The summed E-state index contributed by atoms with van der Waals surface area (Å²) in [6, 6.07) is 8.82. The zero-order chi connectivity index (χ0) is 12.1. The lowest BCUT2D eigenvalue weighted by atomic mass is 9.80. The van der Waals surface area contributed by atoms with Gasteiger partial charge in [0.15, 0.2) is 0 Å². The molecule has 0 spiro atoms. The van der Waals surface area contributed by atoms with E-state index in [1.807, 2.05) is 0 Å². The molecule has 1 heteroatoms. The maximum atomic E-state index is 6.61. The highest BCUT2D eigenvalue weighted by molar-refractivity contribution is 5.24. The van der Waals surface area contributed by atoms with E-state index in [0.717, 1.165) is 6.42 Å². The van der Waals surface area contributed by atoms with Gasteiger partial charge in [-0.05, 0) is 31.7 Å². The van der Waals surface area contributed by atoms with Crippen LogP contribution in [-0.2, 0) is 6.42 Å². The maximum absolute atomic E-state index is 6.61. The fourth-order valence-electron chi connectivity index (χ4n) is 3.01. The van der Waals surface area contributed by atoms with Crippen molar-refractivity contribution >= 4 is 0 Å². The Balaban J connectivity index is 2.03. The van der Waals surface area contributed by atoms with Crippen molar-refractivity contribution in [3.05, 3.63) is 35.4 Å². The van der Waals surface area contributed by atoms with Crippen LogP contribution in [0.2, 0.25) is 0 Å². The lowest BCUT2D eigenvalue weighted by molar-refractivity contribution is 0.314. The molecular weight excluding hydrogens is 206 g/mol. The van der Waals surface area contributed by atoms with Crippen molar-refractivity contribution in [2.45, 2.75) is 63.8 Å². The summed E-state index contributed by atoms with van der Waals surface area (Å²) in [7, 11) is 0. The van der Waals surface area contributed by atoms with Crippen molar-refractivity contribution in [1.82, 2.24) is 0 Å². The summed E-state index contributed by atoms with van der Waals surface area (Å²) in [5, 5.41) is 0. The first-order valence-electron chi connectivity index (χ1n) is 7.02. The summed E-state index contributed by atoms with van der Waals surface area (Å²) in [5.74, 6) is 0. The molecule has 0 radical (unpaired) electrons. The van der Waals surface area contributed by atoms with Crippen LogP contribution in [0.5, 0.6) is 0 Å². The molecule has 17 heavy (non-hydrogen) atoms. The summed E-state index contributed by atoms with van der Waals surface area (Å²) in [6.45, 7) is 2.16. The average Bonchev–Trinajstić information content (AvgIpc) is 2.24. The SMILES string of the molecule is Cc1cccc(CC2(N)CCCCCCC2)c1. The zero-order valence-corrected chi connectivity index (χ0v) is 11.0. The molecule has 0 unspecified atom stereocenters. The van der Waals surface area contributed by atoms with E-state index in [9.17, 15) is 0 Å². The van der Waals surface area contributed by atoms with Gasteiger partial charge in [-0.1, -0.05) is 61.9 Å². The first-order chi connectivity index (χ1) is 8.18. The van der Waals surface area contributed by atoms with E-state index in [2.05, 4.69) is 31.2 Å². The smallest absolute Gasteiger partial charge is 0.0195 e. The molecule has 0 bridgehead atoms. The normalized spacial score (nSPS) is 20.6. The van der Waals surface area contributed by atoms with Gasteiger partial charge in [-0.15, -0.1) is 0 Å². The Kier molecular flexibility index (Phi) is 4.22. The highest BCUT2D eigenvalue weighted by atomic mass is 14.7. The van der Waals surface area contributed by atoms with Crippen LogP contribution < -0.4 is 5.73 Å². The molecule has 1 aliphatic carbocycles. The van der Waals surface area contributed by atoms with E-state index in [4.69, 9.17) is 5.73 Å². The highest BCUT2D eigenvalue weighted by Crippen LogP contribution is 2.27. The molecule has 1 saturated carbocycles. The van der Waals surface area contributed by atoms with Crippen LogP contribution in [-0.4, -0.2) is 5.54 Å². The molecule has 1 aliphatic rings. The zero-order valence-electron chi connectivity index (χ0n) is 11.0. The molecule has 0 amide bonds. The van der Waals surface area contributed by atoms with Gasteiger partial charge in [0, 0.05) is 5.54 Å². The molecule has 0 heterocycles. The molecule has 94 valence electrons. The Morgan fingerprint density at radius 3 is 2.35 bits per heavy atom. The van der Waals surface area contributed by atoms with Gasteiger partial charge in [-0.2, -0.15) is 0 Å². The van der Waals surface area contributed by atoms with Crippen LogP contribution in [0.15, 0.2) is 24.3 Å². The van der Waals surface area contributed by atoms with Gasteiger partial charge in [0.25, 0.3) is 0 Å². The first-order valence-corrected chi connectivity index (χ1v) is 7.02. The largest absolute Gasteiger partial charge is 0.325 e. The molecule has 1 aromatic rings. The quantitative estimate of drug-likeness (QED) is 0.818. The number of hydrogen-bond donors (Lipinski definition) is 1.